The monoisotopic (exact) mass is 301 g/mol. The van der Waals surface area contributed by atoms with Gasteiger partial charge in [-0.25, -0.2) is 0 Å². The van der Waals surface area contributed by atoms with Gasteiger partial charge in [0.05, 0.1) is 18.6 Å². The molecule has 1 fully saturated rings. The van der Waals surface area contributed by atoms with Crippen molar-refractivity contribution in [1.29, 1.82) is 0 Å². The first kappa shape index (κ1) is 14.8. The summed E-state index contributed by atoms with van der Waals surface area (Å²) in [6.45, 7) is 0. The van der Waals surface area contributed by atoms with E-state index in [1.807, 2.05) is 11.4 Å². The minimum Gasteiger partial charge on any atom is -0.469 e. The van der Waals surface area contributed by atoms with E-state index in [0.717, 1.165) is 29.2 Å². The molecule has 0 aromatic carbocycles. The van der Waals surface area contributed by atoms with Crippen LogP contribution in [0, 0.1) is 5.41 Å². The number of ether oxygens (including phenoxy) is 1. The Hall–Kier alpha value is -0.580. The lowest BCUT2D eigenvalue weighted by molar-refractivity contribution is -0.143. The fraction of sp³-hybridized carbons (Fsp3) is 0.643. The highest BCUT2D eigenvalue weighted by Gasteiger charge is 2.38. The van der Waals surface area contributed by atoms with Crippen LogP contribution >= 0.6 is 22.9 Å². The molecule has 0 spiro atoms. The molecule has 106 valence electrons. The Morgan fingerprint density at radius 3 is 2.79 bits per heavy atom. The fourth-order valence-corrected chi connectivity index (χ4v) is 4.29. The topological polar surface area (TPSA) is 52.3 Å². The minimum absolute atomic E-state index is 0.000170. The number of halogens is 1. The van der Waals surface area contributed by atoms with Crippen LogP contribution in [-0.4, -0.2) is 13.1 Å². The van der Waals surface area contributed by atoms with Gasteiger partial charge in [-0.15, -0.1) is 11.3 Å². The quantitative estimate of drug-likeness (QED) is 0.839. The number of rotatable bonds is 5. The van der Waals surface area contributed by atoms with E-state index in [0.29, 0.717) is 6.42 Å². The van der Waals surface area contributed by atoms with Gasteiger partial charge in [-0.3, -0.25) is 4.79 Å². The van der Waals surface area contributed by atoms with Crippen LogP contribution in [0.25, 0.3) is 0 Å². The van der Waals surface area contributed by atoms with Crippen molar-refractivity contribution < 1.29 is 9.53 Å². The van der Waals surface area contributed by atoms with Gasteiger partial charge >= 0.3 is 5.97 Å². The van der Waals surface area contributed by atoms with Crippen LogP contribution < -0.4 is 5.73 Å². The first-order valence-corrected chi connectivity index (χ1v) is 7.87. The second kappa shape index (κ2) is 6.25. The number of thiophene rings is 1. The zero-order valence-electron chi connectivity index (χ0n) is 11.2. The molecule has 0 radical (unpaired) electrons. The van der Waals surface area contributed by atoms with Gasteiger partial charge in [-0.2, -0.15) is 0 Å². The van der Waals surface area contributed by atoms with E-state index >= 15 is 0 Å². The summed E-state index contributed by atoms with van der Waals surface area (Å²) < 4.78 is 4.83. The molecule has 0 aliphatic heterocycles. The molecule has 1 aromatic rings. The lowest BCUT2D eigenvalue weighted by Gasteiger charge is -2.30. The van der Waals surface area contributed by atoms with Crippen LogP contribution in [0.5, 0.6) is 0 Å². The largest absolute Gasteiger partial charge is 0.469 e. The van der Waals surface area contributed by atoms with Crippen LogP contribution in [0.15, 0.2) is 11.4 Å². The number of hydrogen-bond acceptors (Lipinski definition) is 4. The van der Waals surface area contributed by atoms with E-state index in [9.17, 15) is 4.79 Å². The van der Waals surface area contributed by atoms with Crippen molar-refractivity contribution in [2.75, 3.05) is 7.11 Å². The van der Waals surface area contributed by atoms with Gasteiger partial charge < -0.3 is 10.5 Å². The molecule has 19 heavy (non-hydrogen) atoms. The van der Waals surface area contributed by atoms with E-state index in [1.54, 1.807) is 11.3 Å². The summed E-state index contributed by atoms with van der Waals surface area (Å²) in [6.07, 6.45) is 5.73. The summed E-state index contributed by atoms with van der Waals surface area (Å²) in [5.74, 6) is -0.133. The highest BCUT2D eigenvalue weighted by atomic mass is 35.5. The van der Waals surface area contributed by atoms with Crippen LogP contribution in [0.3, 0.4) is 0 Å². The van der Waals surface area contributed by atoms with E-state index in [1.165, 1.54) is 20.0 Å². The number of hydrogen-bond donors (Lipinski definition) is 1. The van der Waals surface area contributed by atoms with E-state index in [2.05, 4.69) is 0 Å². The Kier molecular flexibility index (Phi) is 4.87. The molecule has 3 nitrogen and oxygen atoms in total. The molecule has 1 aromatic heterocycles. The number of carbonyl (C=O) groups excluding carboxylic acids is 1. The standard InChI is InChI=1S/C14H20ClNO2S/c1-18-12(17)9-14(5-2-3-6-14)8-11(16)13-10(15)4-7-19-13/h4,7,11H,2-3,5-6,8-9,16H2,1H3. The van der Waals surface area contributed by atoms with Gasteiger partial charge in [0.15, 0.2) is 0 Å². The van der Waals surface area contributed by atoms with E-state index in [-0.39, 0.29) is 17.4 Å². The number of methoxy groups -OCH3 is 1. The summed E-state index contributed by atoms with van der Waals surface area (Å²) >= 11 is 7.73. The normalized spacial score (nSPS) is 19.3. The first-order valence-electron chi connectivity index (χ1n) is 6.62. The van der Waals surface area contributed by atoms with Crippen LogP contribution in [0.4, 0.5) is 0 Å². The average molecular weight is 302 g/mol. The second-order valence-electron chi connectivity index (χ2n) is 5.40. The molecular weight excluding hydrogens is 282 g/mol. The van der Waals surface area contributed by atoms with Gasteiger partial charge in [-0.05, 0) is 36.1 Å². The molecule has 1 aliphatic rings. The molecule has 5 heteroatoms. The van der Waals surface area contributed by atoms with Crippen molar-refractivity contribution in [3.63, 3.8) is 0 Å². The average Bonchev–Trinajstić information content (AvgIpc) is 2.98. The highest BCUT2D eigenvalue weighted by molar-refractivity contribution is 7.10. The zero-order chi connectivity index (χ0) is 13.9. The zero-order valence-corrected chi connectivity index (χ0v) is 12.7. The van der Waals surface area contributed by atoms with Crippen molar-refractivity contribution >= 4 is 28.9 Å². The SMILES string of the molecule is COC(=O)CC1(CC(N)c2sccc2Cl)CCCC1. The summed E-state index contributed by atoms with van der Waals surface area (Å²) in [7, 11) is 1.45. The molecular formula is C14H20ClNO2S. The van der Waals surface area contributed by atoms with Crippen LogP contribution in [0.1, 0.15) is 49.4 Å². The van der Waals surface area contributed by atoms with E-state index in [4.69, 9.17) is 22.1 Å². The highest BCUT2D eigenvalue weighted by Crippen LogP contribution is 2.48. The van der Waals surface area contributed by atoms with Crippen molar-refractivity contribution in [3.8, 4) is 0 Å². The Bertz CT molecular complexity index is 440. The molecule has 0 saturated heterocycles. The van der Waals surface area contributed by atoms with Crippen molar-refractivity contribution in [2.24, 2.45) is 11.1 Å². The summed E-state index contributed by atoms with van der Waals surface area (Å²) in [6, 6.07) is 1.79. The van der Waals surface area contributed by atoms with Crippen molar-refractivity contribution in [3.05, 3.63) is 21.3 Å². The molecule has 1 saturated carbocycles. The Labute approximate surface area is 123 Å². The third-order valence-corrected chi connectivity index (χ3v) is 5.54. The molecule has 1 atom stereocenters. The maximum absolute atomic E-state index is 11.6. The van der Waals surface area contributed by atoms with Gasteiger partial charge in [0, 0.05) is 10.9 Å². The van der Waals surface area contributed by atoms with Gasteiger partial charge in [0.25, 0.3) is 0 Å². The summed E-state index contributed by atoms with van der Waals surface area (Å²) in [5, 5.41) is 2.70. The van der Waals surface area contributed by atoms with E-state index < -0.39 is 0 Å². The van der Waals surface area contributed by atoms with Crippen LogP contribution in [-0.2, 0) is 9.53 Å². The Morgan fingerprint density at radius 2 is 2.26 bits per heavy atom. The predicted molar refractivity (Wildman–Crippen MR) is 78.4 cm³/mol. The maximum atomic E-state index is 11.6. The summed E-state index contributed by atoms with van der Waals surface area (Å²) in [4.78, 5) is 12.6. The molecule has 1 heterocycles. The maximum Gasteiger partial charge on any atom is 0.306 e. The number of esters is 1. The predicted octanol–water partition coefficient (Wildman–Crippen LogP) is 3.91. The first-order chi connectivity index (χ1) is 9.06. The fourth-order valence-electron chi connectivity index (χ4n) is 3.09. The lowest BCUT2D eigenvalue weighted by Crippen LogP contribution is -2.27. The van der Waals surface area contributed by atoms with Gasteiger partial charge in [0.1, 0.15) is 0 Å². The number of carbonyl (C=O) groups is 1. The molecule has 0 amide bonds. The summed E-state index contributed by atoms with van der Waals surface area (Å²) in [5.41, 5.74) is 6.30. The Morgan fingerprint density at radius 1 is 1.58 bits per heavy atom. The van der Waals surface area contributed by atoms with Crippen molar-refractivity contribution in [1.82, 2.24) is 0 Å². The lowest BCUT2D eigenvalue weighted by atomic mass is 9.77. The molecule has 0 bridgehead atoms. The third-order valence-electron chi connectivity index (χ3n) is 4.05. The molecule has 2 N–H and O–H groups in total. The third kappa shape index (κ3) is 3.50. The van der Waals surface area contributed by atoms with Crippen molar-refractivity contribution in [2.45, 2.75) is 44.6 Å². The van der Waals surface area contributed by atoms with Crippen LogP contribution in [0.2, 0.25) is 5.02 Å². The minimum atomic E-state index is -0.133. The van der Waals surface area contributed by atoms with Gasteiger partial charge in [0.2, 0.25) is 0 Å². The van der Waals surface area contributed by atoms with Gasteiger partial charge in [-0.1, -0.05) is 24.4 Å². The molecule has 1 aliphatic carbocycles. The Balaban J connectivity index is 2.08. The molecule has 1 unspecified atom stereocenters. The molecule has 2 rings (SSSR count). The smallest absolute Gasteiger partial charge is 0.306 e. The second-order valence-corrected chi connectivity index (χ2v) is 6.76. The number of nitrogens with two attached hydrogens (primary N) is 1.